The zero-order chi connectivity index (χ0) is 29.7. The normalized spacial score (nSPS) is 11.7. The van der Waals surface area contributed by atoms with E-state index >= 15 is 0 Å². The third kappa shape index (κ3) is 4.35. The second-order valence-corrected chi connectivity index (χ2v) is 11.3. The number of aromatic nitrogens is 3. The van der Waals surface area contributed by atoms with Crippen LogP contribution in [0.1, 0.15) is 0 Å². The van der Waals surface area contributed by atoms with Crippen molar-refractivity contribution >= 4 is 21.8 Å². The number of nitrogens with zero attached hydrogens (tertiary/aromatic N) is 3. The summed E-state index contributed by atoms with van der Waals surface area (Å²) in [5.41, 5.74) is 10.9. The summed E-state index contributed by atoms with van der Waals surface area (Å²) in [5.74, 6) is 1.77. The molecule has 4 heterocycles. The lowest BCUT2D eigenvalue weighted by molar-refractivity contribution is 0.487. The van der Waals surface area contributed by atoms with Crippen molar-refractivity contribution in [2.24, 2.45) is 0 Å². The number of ether oxygens (including phenoxy) is 1. The minimum absolute atomic E-state index is 0.685. The quantitative estimate of drug-likeness (QED) is 0.209. The molecule has 0 aliphatic carbocycles. The van der Waals surface area contributed by atoms with Crippen LogP contribution in [0.25, 0.3) is 77.8 Å². The zero-order valence-electron chi connectivity index (χ0n) is 24.2. The minimum atomic E-state index is 0.685. The molecule has 9 rings (SSSR count). The third-order valence-corrected chi connectivity index (χ3v) is 8.52. The van der Waals surface area contributed by atoms with Gasteiger partial charge >= 0.3 is 0 Å². The molecule has 0 unspecified atom stereocenters. The molecule has 0 bridgehead atoms. The number of pyridine rings is 3. The van der Waals surface area contributed by atoms with Gasteiger partial charge in [-0.25, -0.2) is 15.0 Å². The summed E-state index contributed by atoms with van der Waals surface area (Å²) in [5, 5.41) is 3.24. The molecule has 3 aromatic heterocycles. The summed E-state index contributed by atoms with van der Waals surface area (Å²) < 4.78 is 6.31. The van der Waals surface area contributed by atoms with E-state index in [0.29, 0.717) is 5.65 Å². The maximum absolute atomic E-state index is 6.31. The van der Waals surface area contributed by atoms with Gasteiger partial charge in [0.25, 0.3) is 0 Å². The van der Waals surface area contributed by atoms with Crippen LogP contribution < -0.4 is 4.74 Å². The number of hydrogen-bond donors (Lipinski definition) is 0. The lowest BCUT2D eigenvalue weighted by Crippen LogP contribution is -1.98. The Bertz CT molecular complexity index is 2340. The molecular weight excluding hydrogens is 550 g/mol. The van der Waals surface area contributed by atoms with Gasteiger partial charge in [0.05, 0.1) is 17.1 Å². The van der Waals surface area contributed by atoms with Crippen molar-refractivity contribution in [3.05, 3.63) is 152 Å². The number of rotatable bonds is 4. The minimum Gasteiger partial charge on any atom is -0.456 e. The topological polar surface area (TPSA) is 47.9 Å². The number of benzene rings is 5. The SMILES string of the molecule is c1ccc(-c2cc(-c3ccccc3)nc(-c3ccc4cc(-c5ccc6c7c(cccc57)-c5ccccc5O6)cnc4n3)c2)cc1. The Balaban J connectivity index is 1.14. The molecule has 0 spiro atoms. The van der Waals surface area contributed by atoms with Gasteiger partial charge in [0.2, 0.25) is 0 Å². The molecule has 0 atom stereocenters. The monoisotopic (exact) mass is 575 g/mol. The Labute approximate surface area is 260 Å². The van der Waals surface area contributed by atoms with Gasteiger partial charge in [-0.05, 0) is 76.2 Å². The van der Waals surface area contributed by atoms with Gasteiger partial charge in [0.1, 0.15) is 11.5 Å². The fourth-order valence-corrected chi connectivity index (χ4v) is 6.35. The first-order chi connectivity index (χ1) is 22.3. The Morgan fingerprint density at radius 2 is 1.18 bits per heavy atom. The van der Waals surface area contributed by atoms with Crippen LogP contribution in [0, 0.1) is 0 Å². The van der Waals surface area contributed by atoms with Crippen LogP contribution in [0.5, 0.6) is 11.5 Å². The van der Waals surface area contributed by atoms with Crippen LogP contribution >= 0.6 is 0 Å². The number of para-hydroxylation sites is 1. The van der Waals surface area contributed by atoms with Gasteiger partial charge < -0.3 is 4.74 Å². The summed E-state index contributed by atoms with van der Waals surface area (Å²) in [6.45, 7) is 0. The highest BCUT2D eigenvalue weighted by molar-refractivity contribution is 6.10. The largest absolute Gasteiger partial charge is 0.456 e. The molecule has 5 aromatic carbocycles. The van der Waals surface area contributed by atoms with Gasteiger partial charge in [-0.15, -0.1) is 0 Å². The Morgan fingerprint density at radius 1 is 0.422 bits per heavy atom. The second-order valence-electron chi connectivity index (χ2n) is 11.3. The molecule has 210 valence electrons. The van der Waals surface area contributed by atoms with Crippen molar-refractivity contribution < 1.29 is 4.74 Å². The average Bonchev–Trinajstić information content (AvgIpc) is 3.12. The molecule has 1 aliphatic heterocycles. The van der Waals surface area contributed by atoms with Crippen LogP contribution in [0.4, 0.5) is 0 Å². The van der Waals surface area contributed by atoms with Gasteiger partial charge in [0.15, 0.2) is 5.65 Å². The Hall–Kier alpha value is -6.13. The Kier molecular flexibility index (Phi) is 5.78. The molecule has 4 nitrogen and oxygen atoms in total. The highest BCUT2D eigenvalue weighted by Gasteiger charge is 2.21. The van der Waals surface area contributed by atoms with Crippen molar-refractivity contribution in [2.75, 3.05) is 0 Å². The van der Waals surface area contributed by atoms with Crippen molar-refractivity contribution in [3.63, 3.8) is 0 Å². The van der Waals surface area contributed by atoms with E-state index in [1.165, 1.54) is 5.56 Å². The lowest BCUT2D eigenvalue weighted by atomic mass is 9.91. The Morgan fingerprint density at radius 3 is 2.04 bits per heavy atom. The summed E-state index contributed by atoms with van der Waals surface area (Å²) in [6.07, 6.45) is 1.92. The smallest absolute Gasteiger partial charge is 0.159 e. The van der Waals surface area contributed by atoms with E-state index in [2.05, 4.69) is 103 Å². The molecule has 1 aliphatic rings. The van der Waals surface area contributed by atoms with Crippen molar-refractivity contribution in [3.8, 4) is 67.5 Å². The highest BCUT2D eigenvalue weighted by atomic mass is 16.5. The highest BCUT2D eigenvalue weighted by Crippen LogP contribution is 2.48. The van der Waals surface area contributed by atoms with E-state index in [1.807, 2.05) is 48.7 Å². The molecule has 0 radical (unpaired) electrons. The van der Waals surface area contributed by atoms with Gasteiger partial charge in [-0.3, -0.25) is 0 Å². The van der Waals surface area contributed by atoms with Crippen LogP contribution in [0.2, 0.25) is 0 Å². The summed E-state index contributed by atoms with van der Waals surface area (Å²) >= 11 is 0. The van der Waals surface area contributed by atoms with Crippen LogP contribution in [-0.4, -0.2) is 15.0 Å². The maximum Gasteiger partial charge on any atom is 0.159 e. The van der Waals surface area contributed by atoms with E-state index in [-0.39, 0.29) is 0 Å². The van der Waals surface area contributed by atoms with E-state index in [4.69, 9.17) is 19.7 Å². The third-order valence-electron chi connectivity index (χ3n) is 8.52. The van der Waals surface area contributed by atoms with Gasteiger partial charge in [-0.2, -0.15) is 0 Å². The second kappa shape index (κ2) is 10.2. The molecule has 0 amide bonds. The van der Waals surface area contributed by atoms with Crippen LogP contribution in [0.15, 0.2) is 152 Å². The van der Waals surface area contributed by atoms with E-state index < -0.39 is 0 Å². The van der Waals surface area contributed by atoms with E-state index in [9.17, 15) is 0 Å². The fourth-order valence-electron chi connectivity index (χ4n) is 6.35. The predicted molar refractivity (Wildman–Crippen MR) is 182 cm³/mol. The van der Waals surface area contributed by atoms with Crippen LogP contribution in [-0.2, 0) is 0 Å². The van der Waals surface area contributed by atoms with Crippen molar-refractivity contribution in [1.29, 1.82) is 0 Å². The summed E-state index contributed by atoms with van der Waals surface area (Å²) in [7, 11) is 0. The summed E-state index contributed by atoms with van der Waals surface area (Å²) in [4.78, 5) is 14.9. The first kappa shape index (κ1) is 25.4. The molecule has 0 saturated carbocycles. The van der Waals surface area contributed by atoms with Crippen molar-refractivity contribution in [2.45, 2.75) is 0 Å². The molecular formula is C41H25N3O. The first-order valence-electron chi connectivity index (χ1n) is 15.0. The van der Waals surface area contributed by atoms with Crippen LogP contribution in [0.3, 0.4) is 0 Å². The zero-order valence-corrected chi connectivity index (χ0v) is 24.2. The maximum atomic E-state index is 6.31. The standard InChI is InChI=1S/C41H25N3O/c1-3-10-26(11-4-1)29-23-36(27-12-5-2-6-13-27)43-37(24-29)35-20-18-28-22-30(25-42-41(28)44-35)31-19-21-39-40-33(31)15-9-16-34(40)32-14-7-8-17-38(32)45-39/h1-25H. The summed E-state index contributed by atoms with van der Waals surface area (Å²) in [6, 6.07) is 50.1. The molecule has 0 fully saturated rings. The van der Waals surface area contributed by atoms with Gasteiger partial charge in [-0.1, -0.05) is 97.1 Å². The van der Waals surface area contributed by atoms with E-state index in [1.54, 1.807) is 0 Å². The van der Waals surface area contributed by atoms with E-state index in [0.717, 1.165) is 78.1 Å². The molecule has 8 aromatic rings. The predicted octanol–water partition coefficient (Wildman–Crippen LogP) is 10.6. The molecule has 45 heavy (non-hydrogen) atoms. The number of fused-ring (bicyclic) bond motifs is 3. The number of hydrogen-bond acceptors (Lipinski definition) is 4. The fraction of sp³-hybridized carbons (Fsp3) is 0. The van der Waals surface area contributed by atoms with Gasteiger partial charge in [0, 0.05) is 33.7 Å². The lowest BCUT2D eigenvalue weighted by Gasteiger charge is -2.22. The average molecular weight is 576 g/mol. The van der Waals surface area contributed by atoms with Crippen molar-refractivity contribution in [1.82, 2.24) is 15.0 Å². The first-order valence-corrected chi connectivity index (χ1v) is 15.0. The molecule has 0 N–H and O–H groups in total. The molecule has 0 saturated heterocycles. The molecule has 4 heteroatoms.